The lowest BCUT2D eigenvalue weighted by Crippen LogP contribution is -2.67. The summed E-state index contributed by atoms with van der Waals surface area (Å²) in [7, 11) is 0. The van der Waals surface area contributed by atoms with E-state index in [2.05, 4.69) is 39.1 Å². The number of amides is 1. The maximum Gasteiger partial charge on any atom is 0.407 e. The molecule has 0 aromatic rings. The number of rotatable bonds is 8. The fourth-order valence-electron chi connectivity index (χ4n) is 12.4. The highest BCUT2D eigenvalue weighted by atomic mass is 35.6. The highest BCUT2D eigenvalue weighted by Gasteiger charge is 2.69. The summed E-state index contributed by atoms with van der Waals surface area (Å²) >= 11 is 17.5. The Kier molecular flexibility index (Phi) is 12.8. The van der Waals surface area contributed by atoms with Gasteiger partial charge in [-0.05, 0) is 91.8 Å². The third kappa shape index (κ3) is 8.62. The fraction of sp³-hybridized carbons (Fsp3) is 0.857. The number of hydrogen-bond acceptors (Lipinski definition) is 12. The largest absolute Gasteiger partial charge is 0.463 e. The van der Waals surface area contributed by atoms with E-state index in [0.717, 1.165) is 45.1 Å². The fourth-order valence-corrected chi connectivity index (χ4v) is 12.6. The molecule has 3 aliphatic heterocycles. The molecule has 3 heterocycles. The Labute approximate surface area is 356 Å². The van der Waals surface area contributed by atoms with E-state index in [-0.39, 0.29) is 29.6 Å². The highest BCUT2D eigenvalue weighted by Crippen LogP contribution is 2.70. The van der Waals surface area contributed by atoms with E-state index >= 15 is 0 Å². The number of ether oxygens (including phenoxy) is 8. The zero-order valence-corrected chi connectivity index (χ0v) is 36.9. The Hall–Kier alpha value is -1.87. The predicted octanol–water partition coefficient (Wildman–Crippen LogP) is 7.35. The standard InChI is InChI=1S/C42H60Cl3NO12/c1-21-10-15-41(53-18-21)22(2)33-31(58-41)17-30-28-9-8-26-16-27(11-13-39(26,6)29(28)12-14-40(30,33)7)56-37-34(46-38(50)52-20-42(43,44)45)36(55-25(5)49)35(54-24(4)48)32(57-37)19-51-23(3)47/h8,21-22,27-37H,9-20H2,1-7H3,(H,46,50)/t21-,22+,27+,28-,29+,30+,31+,32-,33+,34-,35-,36-,37-,39+,40+,41-/m1/s1. The Morgan fingerprint density at radius 3 is 2.29 bits per heavy atom. The lowest BCUT2D eigenvalue weighted by molar-refractivity contribution is -0.289. The van der Waals surface area contributed by atoms with Crippen molar-refractivity contribution < 1.29 is 57.1 Å². The summed E-state index contributed by atoms with van der Waals surface area (Å²) in [6, 6.07) is -1.24. The summed E-state index contributed by atoms with van der Waals surface area (Å²) in [6.45, 7) is 13.1. The van der Waals surface area contributed by atoms with Crippen LogP contribution in [0, 0.1) is 46.3 Å². The van der Waals surface area contributed by atoms with Crippen LogP contribution in [0.2, 0.25) is 0 Å². The molecule has 1 N–H and O–H groups in total. The van der Waals surface area contributed by atoms with Gasteiger partial charge < -0.3 is 43.2 Å². The summed E-state index contributed by atoms with van der Waals surface area (Å²) in [6.07, 6.45) is 5.10. The Morgan fingerprint density at radius 1 is 0.914 bits per heavy atom. The molecule has 13 nitrogen and oxygen atoms in total. The molecule has 7 aliphatic rings. The number of nitrogens with one attached hydrogen (secondary N) is 1. The molecule has 0 aromatic heterocycles. The first-order valence-corrected chi connectivity index (χ1v) is 22.2. The van der Waals surface area contributed by atoms with E-state index in [0.29, 0.717) is 48.3 Å². The number of allylic oxidation sites excluding steroid dienone is 1. The van der Waals surface area contributed by atoms with Crippen molar-refractivity contribution in [1.82, 2.24) is 5.32 Å². The Bertz CT molecular complexity index is 1620. The van der Waals surface area contributed by atoms with Gasteiger partial charge in [0.05, 0.1) is 18.8 Å². The van der Waals surface area contributed by atoms with Crippen LogP contribution in [0.4, 0.5) is 4.79 Å². The summed E-state index contributed by atoms with van der Waals surface area (Å²) in [4.78, 5) is 49.8. The Morgan fingerprint density at radius 2 is 1.64 bits per heavy atom. The van der Waals surface area contributed by atoms with Gasteiger partial charge in [0.1, 0.15) is 25.4 Å². The normalized spacial score (nSPS) is 44.4. The van der Waals surface area contributed by atoms with Crippen molar-refractivity contribution in [3.05, 3.63) is 11.6 Å². The molecular formula is C42H60Cl3NO12. The minimum atomic E-state index is -1.89. The molecule has 0 bridgehead atoms. The van der Waals surface area contributed by atoms with Crippen molar-refractivity contribution in [2.75, 3.05) is 19.8 Å². The van der Waals surface area contributed by atoms with Crippen molar-refractivity contribution in [3.8, 4) is 0 Å². The highest BCUT2D eigenvalue weighted by molar-refractivity contribution is 6.67. The third-order valence-corrected chi connectivity index (χ3v) is 15.3. The maximum atomic E-state index is 13.1. The van der Waals surface area contributed by atoms with Crippen molar-refractivity contribution >= 4 is 58.8 Å². The van der Waals surface area contributed by atoms with E-state index in [9.17, 15) is 19.2 Å². The minimum absolute atomic E-state index is 0.0112. The number of fused-ring (bicyclic) bond motifs is 7. The van der Waals surface area contributed by atoms with E-state index in [1.54, 1.807) is 0 Å². The van der Waals surface area contributed by atoms with Gasteiger partial charge in [-0.3, -0.25) is 14.4 Å². The molecule has 0 radical (unpaired) electrons. The molecule has 1 spiro atoms. The van der Waals surface area contributed by atoms with Crippen LogP contribution in [-0.2, 0) is 52.3 Å². The van der Waals surface area contributed by atoms with Gasteiger partial charge >= 0.3 is 24.0 Å². The van der Waals surface area contributed by atoms with Gasteiger partial charge in [0.25, 0.3) is 0 Å². The number of esters is 3. The first-order valence-electron chi connectivity index (χ1n) is 21.0. The monoisotopic (exact) mass is 875 g/mol. The van der Waals surface area contributed by atoms with Crippen molar-refractivity contribution in [1.29, 1.82) is 0 Å². The molecule has 58 heavy (non-hydrogen) atoms. The van der Waals surface area contributed by atoms with E-state index < -0.39 is 70.8 Å². The molecule has 4 aliphatic carbocycles. The Balaban J connectivity index is 1.09. The second-order valence-corrected chi connectivity index (χ2v) is 21.1. The second-order valence-electron chi connectivity index (χ2n) is 18.6. The van der Waals surface area contributed by atoms with Crippen LogP contribution < -0.4 is 5.32 Å². The molecule has 3 saturated heterocycles. The topological polar surface area (TPSA) is 154 Å². The van der Waals surface area contributed by atoms with Crippen LogP contribution in [0.25, 0.3) is 0 Å². The van der Waals surface area contributed by atoms with Gasteiger partial charge in [0.2, 0.25) is 3.79 Å². The number of carbonyl (C=O) groups is 4. The number of hydrogen-bond donors (Lipinski definition) is 1. The number of halogens is 3. The van der Waals surface area contributed by atoms with Crippen LogP contribution in [0.5, 0.6) is 0 Å². The number of alkyl halides is 3. The number of carbonyl (C=O) groups excluding carboxylic acids is 4. The molecule has 3 saturated carbocycles. The zero-order valence-electron chi connectivity index (χ0n) is 34.6. The average molecular weight is 877 g/mol. The van der Waals surface area contributed by atoms with E-state index in [4.69, 9.17) is 72.7 Å². The van der Waals surface area contributed by atoms with Gasteiger partial charge in [-0.1, -0.05) is 74.1 Å². The SMILES string of the molecule is CC(=O)OC[C@H]1O[C@@H](O[C@H]2CC[C@@]3(C)C(=CC[C@H]4[C@@H]5C[C@@H]6O[C@]7(CC[C@@H](C)CO7)[C@@H](C)[C@@H]6[C@@]5(C)CC[C@@H]43)C2)[C@H](NC(=O)OCC(Cl)(Cl)Cl)[C@@H](OC(C)=O)[C@@H]1OC(C)=O. The van der Waals surface area contributed by atoms with Gasteiger partial charge in [-0.25, -0.2) is 4.79 Å². The van der Waals surface area contributed by atoms with Crippen LogP contribution in [0.3, 0.4) is 0 Å². The first-order chi connectivity index (χ1) is 27.2. The lowest BCUT2D eigenvalue weighted by atomic mass is 9.47. The third-order valence-electron chi connectivity index (χ3n) is 15.0. The lowest BCUT2D eigenvalue weighted by Gasteiger charge is -2.58. The van der Waals surface area contributed by atoms with E-state index in [1.807, 2.05) is 0 Å². The van der Waals surface area contributed by atoms with Gasteiger partial charge in [-0.2, -0.15) is 0 Å². The smallest absolute Gasteiger partial charge is 0.407 e. The maximum absolute atomic E-state index is 13.1. The van der Waals surface area contributed by atoms with Gasteiger partial charge in [-0.15, -0.1) is 0 Å². The number of alkyl carbamates (subject to hydrolysis) is 1. The molecule has 6 fully saturated rings. The van der Waals surface area contributed by atoms with Crippen LogP contribution >= 0.6 is 34.8 Å². The predicted molar refractivity (Wildman–Crippen MR) is 212 cm³/mol. The second kappa shape index (κ2) is 16.8. The summed E-state index contributed by atoms with van der Waals surface area (Å²) in [5.41, 5.74) is 1.55. The van der Waals surface area contributed by atoms with Crippen molar-refractivity contribution in [3.63, 3.8) is 0 Å². The van der Waals surface area contributed by atoms with Crippen molar-refractivity contribution in [2.45, 2.75) is 159 Å². The first kappa shape index (κ1) is 44.2. The van der Waals surface area contributed by atoms with Crippen LogP contribution in [-0.4, -0.2) is 96.3 Å². The van der Waals surface area contributed by atoms with Crippen LogP contribution in [0.15, 0.2) is 11.6 Å². The summed E-state index contributed by atoms with van der Waals surface area (Å²) in [5.74, 6) is 0.629. The molecule has 16 atom stereocenters. The molecular weight excluding hydrogens is 817 g/mol. The zero-order chi connectivity index (χ0) is 41.9. The van der Waals surface area contributed by atoms with Gasteiger partial charge in [0.15, 0.2) is 24.3 Å². The van der Waals surface area contributed by atoms with Crippen molar-refractivity contribution in [2.24, 2.45) is 46.3 Å². The molecule has 0 aromatic carbocycles. The molecule has 1 amide bonds. The molecule has 16 heteroatoms. The molecule has 0 unspecified atom stereocenters. The quantitative estimate of drug-likeness (QED) is 0.112. The molecule has 326 valence electrons. The minimum Gasteiger partial charge on any atom is -0.463 e. The van der Waals surface area contributed by atoms with Gasteiger partial charge in [0, 0.05) is 33.1 Å². The molecule has 7 rings (SSSR count). The van der Waals surface area contributed by atoms with E-state index in [1.165, 1.54) is 32.8 Å². The average Bonchev–Trinajstić information content (AvgIpc) is 3.58. The summed E-state index contributed by atoms with van der Waals surface area (Å²) < 4.78 is 46.4. The van der Waals surface area contributed by atoms with Crippen LogP contribution in [0.1, 0.15) is 106 Å². The summed E-state index contributed by atoms with van der Waals surface area (Å²) in [5, 5.41) is 2.65.